The quantitative estimate of drug-likeness (QED) is 0.176. The van der Waals surface area contributed by atoms with Crippen LogP contribution in [0.1, 0.15) is 43.0 Å². The number of aryl methyl sites for hydroxylation is 2. The molecule has 0 bridgehead atoms. The van der Waals surface area contributed by atoms with Gasteiger partial charge in [-0.25, -0.2) is 24.8 Å². The summed E-state index contributed by atoms with van der Waals surface area (Å²) in [7, 11) is -8.29. The molecule has 0 fully saturated rings. The second kappa shape index (κ2) is 11.4. The third kappa shape index (κ3) is 4.71. The van der Waals surface area contributed by atoms with Crippen LogP contribution in [0.4, 0.5) is 0 Å². The Labute approximate surface area is 288 Å². The first kappa shape index (κ1) is 31.4. The van der Waals surface area contributed by atoms with Crippen LogP contribution in [0.5, 0.6) is 0 Å². The Morgan fingerprint density at radius 3 is 1.14 bits per heavy atom. The van der Waals surface area contributed by atoms with E-state index in [4.69, 9.17) is 0 Å². The maximum absolute atomic E-state index is 14.7. The van der Waals surface area contributed by atoms with Crippen LogP contribution in [0, 0.1) is 13.8 Å². The van der Waals surface area contributed by atoms with E-state index < -0.39 is 31.6 Å². The number of carbonyl (C=O) groups excluding carboxylic acids is 2. The monoisotopic (exact) mass is 696 g/mol. The molecule has 1 aliphatic rings. The smallest absolute Gasteiger partial charge is 0.268 e. The predicted molar refractivity (Wildman–Crippen MR) is 193 cm³/mol. The number of ketones is 2. The average molecular weight is 697 g/mol. The summed E-state index contributed by atoms with van der Waals surface area (Å²) in [5.41, 5.74) is 3.20. The van der Waals surface area contributed by atoms with Gasteiger partial charge >= 0.3 is 0 Å². The maximum Gasteiger partial charge on any atom is 0.268 e. The van der Waals surface area contributed by atoms with E-state index in [1.807, 2.05) is 13.8 Å². The predicted octanol–water partition coefficient (Wildman–Crippen LogP) is 7.68. The molecule has 7 aromatic rings. The lowest BCUT2D eigenvalue weighted by Gasteiger charge is -2.21. The Balaban J connectivity index is 1.46. The van der Waals surface area contributed by atoms with Crippen molar-refractivity contribution in [2.45, 2.75) is 23.6 Å². The zero-order valence-electron chi connectivity index (χ0n) is 26.9. The first-order chi connectivity index (χ1) is 24.0. The minimum absolute atomic E-state index is 0.0154. The van der Waals surface area contributed by atoms with Gasteiger partial charge in [0, 0.05) is 56.6 Å². The second-order valence-electron chi connectivity index (χ2n) is 12.3. The molecule has 10 heteroatoms. The summed E-state index contributed by atoms with van der Waals surface area (Å²) in [6.45, 7) is 3.72. The van der Waals surface area contributed by atoms with Crippen molar-refractivity contribution in [3.05, 3.63) is 167 Å². The Hall–Kier alpha value is -5.84. The van der Waals surface area contributed by atoms with Crippen LogP contribution in [0.2, 0.25) is 0 Å². The fourth-order valence-corrected chi connectivity index (χ4v) is 9.37. The Bertz CT molecular complexity index is 2630. The number of hydrogen-bond acceptors (Lipinski definition) is 6. The van der Waals surface area contributed by atoms with Crippen molar-refractivity contribution >= 4 is 64.6 Å². The van der Waals surface area contributed by atoms with Gasteiger partial charge in [-0.2, -0.15) is 0 Å². The first-order valence-electron chi connectivity index (χ1n) is 15.8. The summed E-state index contributed by atoms with van der Waals surface area (Å²) in [5, 5.41) is 0.875. The van der Waals surface area contributed by atoms with E-state index in [0.29, 0.717) is 21.8 Å². The number of carbonyl (C=O) groups is 2. The van der Waals surface area contributed by atoms with Crippen molar-refractivity contribution in [1.29, 1.82) is 0 Å². The molecule has 0 radical (unpaired) electrons. The van der Waals surface area contributed by atoms with E-state index in [9.17, 15) is 26.4 Å². The molecule has 8 rings (SSSR count). The van der Waals surface area contributed by atoms with Crippen LogP contribution in [0.15, 0.2) is 144 Å². The lowest BCUT2D eigenvalue weighted by molar-refractivity contribution is 0.101. The van der Waals surface area contributed by atoms with Crippen LogP contribution in [0.3, 0.4) is 0 Å². The molecule has 1 aliphatic carbocycles. The molecule has 0 spiro atoms. The molecular weight excluding hydrogens is 669 g/mol. The molecule has 0 saturated carbocycles. The number of Topliss-reactive ketones (excluding diaryl/α,β-unsaturated/α-hetero) is 2. The van der Waals surface area contributed by atoms with E-state index in [1.165, 1.54) is 36.7 Å². The lowest BCUT2D eigenvalue weighted by Crippen LogP contribution is -2.21. The molecular formula is C40H28N2O6S2. The number of benzene rings is 5. The highest BCUT2D eigenvalue weighted by atomic mass is 32.2. The number of fused-ring (bicyclic) bond motifs is 3. The van der Waals surface area contributed by atoms with E-state index >= 15 is 0 Å². The maximum atomic E-state index is 14.7. The van der Waals surface area contributed by atoms with E-state index in [1.54, 1.807) is 97.1 Å². The molecule has 0 atom stereocenters. The third-order valence-electron chi connectivity index (χ3n) is 9.17. The molecule has 0 aliphatic heterocycles. The van der Waals surface area contributed by atoms with Gasteiger partial charge in [0.25, 0.3) is 20.0 Å². The van der Waals surface area contributed by atoms with Crippen LogP contribution >= 0.6 is 0 Å². The molecule has 0 unspecified atom stereocenters. The minimum atomic E-state index is -4.14. The van der Waals surface area contributed by atoms with Crippen molar-refractivity contribution < 1.29 is 26.4 Å². The van der Waals surface area contributed by atoms with Crippen molar-refractivity contribution in [3.63, 3.8) is 0 Å². The third-order valence-corrected chi connectivity index (χ3v) is 12.5. The van der Waals surface area contributed by atoms with Crippen LogP contribution in [-0.4, -0.2) is 36.3 Å². The van der Waals surface area contributed by atoms with Gasteiger partial charge in [0.05, 0.1) is 20.8 Å². The van der Waals surface area contributed by atoms with Gasteiger partial charge in [0.2, 0.25) is 0 Å². The number of rotatable bonds is 6. The summed E-state index contributed by atoms with van der Waals surface area (Å²) in [4.78, 5) is 29.4. The standard InChI is InChI=1S/C40H28N2O6S2/c1-25-15-19-27(20-16-25)49(45,46)41-23-33(29-9-5-7-13-35(29)41)37-38(40(44)32-12-4-3-11-31(32)39(37)43)34-24-42(36-14-8-6-10-30(34)36)50(47,48)28-21-17-26(2)18-22-28/h3-24H,1-2H3. The highest BCUT2D eigenvalue weighted by Crippen LogP contribution is 2.43. The Morgan fingerprint density at radius 1 is 0.420 bits per heavy atom. The second-order valence-corrected chi connectivity index (χ2v) is 15.9. The fourth-order valence-electron chi connectivity index (χ4n) is 6.63. The van der Waals surface area contributed by atoms with Gasteiger partial charge in [-0.1, -0.05) is 96.1 Å². The molecule has 5 aromatic carbocycles. The Morgan fingerprint density at radius 2 is 0.760 bits per heavy atom. The number of aromatic nitrogens is 2. The first-order valence-corrected chi connectivity index (χ1v) is 18.6. The fraction of sp³-hybridized carbons (Fsp3) is 0.0500. The summed E-state index contributed by atoms with van der Waals surface area (Å²) in [5.74, 6) is -0.965. The lowest BCUT2D eigenvalue weighted by atomic mass is 9.78. The molecule has 2 heterocycles. The molecule has 8 nitrogen and oxygen atoms in total. The van der Waals surface area contributed by atoms with Gasteiger partial charge in [-0.05, 0) is 50.2 Å². The highest BCUT2D eigenvalue weighted by molar-refractivity contribution is 7.90. The van der Waals surface area contributed by atoms with Crippen LogP contribution in [0.25, 0.3) is 33.0 Å². The van der Waals surface area contributed by atoms with Crippen LogP contribution < -0.4 is 0 Å². The molecule has 0 amide bonds. The minimum Gasteiger partial charge on any atom is -0.289 e. The van der Waals surface area contributed by atoms with Gasteiger partial charge in [0.15, 0.2) is 11.6 Å². The average Bonchev–Trinajstić information content (AvgIpc) is 3.70. The van der Waals surface area contributed by atoms with E-state index in [2.05, 4.69) is 0 Å². The van der Waals surface area contributed by atoms with E-state index in [0.717, 1.165) is 19.1 Å². The van der Waals surface area contributed by atoms with Crippen molar-refractivity contribution in [1.82, 2.24) is 7.94 Å². The van der Waals surface area contributed by atoms with Gasteiger partial charge in [-0.3, -0.25) is 9.59 Å². The van der Waals surface area contributed by atoms with Crippen molar-refractivity contribution in [2.75, 3.05) is 0 Å². The van der Waals surface area contributed by atoms with Crippen molar-refractivity contribution in [2.24, 2.45) is 0 Å². The van der Waals surface area contributed by atoms with E-state index in [-0.39, 0.29) is 43.2 Å². The topological polar surface area (TPSA) is 112 Å². The number of hydrogen-bond donors (Lipinski definition) is 0. The molecule has 0 N–H and O–H groups in total. The molecule has 50 heavy (non-hydrogen) atoms. The Kier molecular flexibility index (Phi) is 7.14. The zero-order valence-corrected chi connectivity index (χ0v) is 28.5. The summed E-state index contributed by atoms with van der Waals surface area (Å²) < 4.78 is 58.8. The normalized spacial score (nSPS) is 13.7. The highest BCUT2D eigenvalue weighted by Gasteiger charge is 2.37. The molecule has 0 saturated heterocycles. The molecule has 2 aromatic heterocycles. The van der Waals surface area contributed by atoms with Crippen molar-refractivity contribution in [3.8, 4) is 0 Å². The zero-order chi connectivity index (χ0) is 34.9. The van der Waals surface area contributed by atoms with Gasteiger partial charge in [-0.15, -0.1) is 0 Å². The summed E-state index contributed by atoms with van der Waals surface area (Å²) in [6, 6.07) is 33.0. The van der Waals surface area contributed by atoms with Gasteiger partial charge < -0.3 is 0 Å². The number of para-hydroxylation sites is 2. The van der Waals surface area contributed by atoms with Crippen LogP contribution in [-0.2, 0) is 20.0 Å². The number of allylic oxidation sites excluding steroid dienone is 2. The number of nitrogens with zero attached hydrogens (tertiary/aromatic N) is 2. The SMILES string of the molecule is Cc1ccc(S(=O)(=O)n2cc(C3=C(c4cn(S(=O)(=O)c5ccc(C)cc5)c5ccccc45)C(=O)c4ccccc4C3=O)c3ccccc32)cc1. The van der Waals surface area contributed by atoms with Gasteiger partial charge in [0.1, 0.15) is 0 Å². The summed E-state index contributed by atoms with van der Waals surface area (Å²) >= 11 is 0. The summed E-state index contributed by atoms with van der Waals surface area (Å²) in [6.07, 6.45) is 2.77. The molecule has 246 valence electrons. The largest absolute Gasteiger partial charge is 0.289 e.